The van der Waals surface area contributed by atoms with Gasteiger partial charge in [0.05, 0.1) is 24.2 Å². The van der Waals surface area contributed by atoms with Crippen molar-refractivity contribution in [3.63, 3.8) is 0 Å². The third kappa shape index (κ3) is 3.51. The first kappa shape index (κ1) is 19.3. The van der Waals surface area contributed by atoms with Crippen LogP contribution in [-0.2, 0) is 17.8 Å². The summed E-state index contributed by atoms with van der Waals surface area (Å²) < 4.78 is 7.41. The lowest BCUT2D eigenvalue weighted by atomic mass is 10.0. The van der Waals surface area contributed by atoms with Crippen molar-refractivity contribution in [2.45, 2.75) is 31.9 Å². The maximum atomic E-state index is 9.38. The summed E-state index contributed by atoms with van der Waals surface area (Å²) in [5, 5.41) is 10.7. The number of fused-ring (bicyclic) bond motifs is 2. The fraction of sp³-hybridized carbons (Fsp3) is 0.375. The van der Waals surface area contributed by atoms with Crippen LogP contribution in [0.3, 0.4) is 0 Å². The molecule has 2 aromatic carbocycles. The molecule has 30 heavy (non-hydrogen) atoms. The predicted molar refractivity (Wildman–Crippen MR) is 119 cm³/mol. The lowest BCUT2D eigenvalue weighted by molar-refractivity contribution is 0.141. The van der Waals surface area contributed by atoms with Crippen molar-refractivity contribution in [1.29, 1.82) is 0 Å². The lowest BCUT2D eigenvalue weighted by Crippen LogP contribution is -2.33. The van der Waals surface area contributed by atoms with E-state index in [1.54, 1.807) is 7.11 Å². The average Bonchev–Trinajstić information content (AvgIpc) is 3.50. The fourth-order valence-electron chi connectivity index (χ4n) is 4.73. The van der Waals surface area contributed by atoms with Gasteiger partial charge in [-0.25, -0.2) is 4.98 Å². The van der Waals surface area contributed by atoms with E-state index in [9.17, 15) is 5.11 Å². The number of rotatable bonds is 7. The molecule has 2 aromatic heterocycles. The number of hydrogen-bond donors (Lipinski definition) is 2. The average molecular weight is 405 g/mol. The van der Waals surface area contributed by atoms with Crippen LogP contribution in [0.4, 0.5) is 0 Å². The standard InChI is InChI=1S/C24H28N4O2/c1-30-10-9-27-8-2-3-19(27)12-18-14-25-22-6-5-20(13-21(18)22)28-16-26-23-11-17(15-29)4-7-24(23)28/h4-7,11,13-14,16,19,25,29H,2-3,8-10,12,15H2,1H3/t19-/m1/s1. The molecule has 156 valence electrons. The zero-order chi connectivity index (χ0) is 20.5. The molecular formula is C24H28N4O2. The Morgan fingerprint density at radius 2 is 2.17 bits per heavy atom. The molecule has 0 amide bonds. The molecule has 1 aliphatic heterocycles. The second-order valence-electron chi connectivity index (χ2n) is 8.17. The van der Waals surface area contributed by atoms with Gasteiger partial charge in [-0.05, 0) is 67.3 Å². The maximum Gasteiger partial charge on any atom is 0.100 e. The van der Waals surface area contributed by atoms with Gasteiger partial charge in [0.15, 0.2) is 0 Å². The lowest BCUT2D eigenvalue weighted by Gasteiger charge is -2.23. The smallest absolute Gasteiger partial charge is 0.100 e. The van der Waals surface area contributed by atoms with Crippen LogP contribution >= 0.6 is 0 Å². The maximum absolute atomic E-state index is 9.38. The van der Waals surface area contributed by atoms with Crippen LogP contribution in [0, 0.1) is 0 Å². The van der Waals surface area contributed by atoms with E-state index in [2.05, 4.69) is 43.8 Å². The second-order valence-corrected chi connectivity index (χ2v) is 8.17. The summed E-state index contributed by atoms with van der Waals surface area (Å²) >= 11 is 0. The third-order valence-corrected chi connectivity index (χ3v) is 6.36. The van der Waals surface area contributed by atoms with Crippen LogP contribution < -0.4 is 0 Å². The Morgan fingerprint density at radius 3 is 3.03 bits per heavy atom. The molecule has 1 aliphatic rings. The quantitative estimate of drug-likeness (QED) is 0.493. The van der Waals surface area contributed by atoms with Gasteiger partial charge in [0.25, 0.3) is 0 Å². The number of methoxy groups -OCH3 is 1. The van der Waals surface area contributed by atoms with Gasteiger partial charge in [-0.2, -0.15) is 0 Å². The largest absolute Gasteiger partial charge is 0.392 e. The van der Waals surface area contributed by atoms with E-state index in [-0.39, 0.29) is 6.61 Å². The molecule has 0 saturated carbocycles. The van der Waals surface area contributed by atoms with E-state index in [1.165, 1.54) is 35.9 Å². The molecule has 2 N–H and O–H groups in total. The molecule has 1 atom stereocenters. The summed E-state index contributed by atoms with van der Waals surface area (Å²) in [6.45, 7) is 2.99. The normalized spacial score (nSPS) is 17.5. The van der Waals surface area contributed by atoms with Crippen LogP contribution in [0.2, 0.25) is 0 Å². The minimum absolute atomic E-state index is 0.0318. The molecule has 6 heteroatoms. The third-order valence-electron chi connectivity index (χ3n) is 6.36. The van der Waals surface area contributed by atoms with Gasteiger partial charge in [-0.3, -0.25) is 9.47 Å². The van der Waals surface area contributed by atoms with Crippen molar-refractivity contribution in [3.05, 3.63) is 60.0 Å². The monoisotopic (exact) mass is 404 g/mol. The number of ether oxygens (including phenoxy) is 1. The Labute approximate surface area is 176 Å². The molecule has 0 unspecified atom stereocenters. The van der Waals surface area contributed by atoms with E-state index in [1.807, 2.05) is 24.5 Å². The summed E-state index contributed by atoms with van der Waals surface area (Å²) in [4.78, 5) is 10.6. The highest BCUT2D eigenvalue weighted by Crippen LogP contribution is 2.28. The van der Waals surface area contributed by atoms with Crippen molar-refractivity contribution in [2.75, 3.05) is 26.8 Å². The van der Waals surface area contributed by atoms with Crippen molar-refractivity contribution in [2.24, 2.45) is 0 Å². The number of likely N-dealkylation sites (tertiary alicyclic amines) is 1. The zero-order valence-electron chi connectivity index (χ0n) is 17.3. The Balaban J connectivity index is 1.46. The molecule has 0 spiro atoms. The Bertz CT molecular complexity index is 1160. The first-order chi connectivity index (χ1) is 14.8. The summed E-state index contributed by atoms with van der Waals surface area (Å²) in [6.07, 6.45) is 7.59. The summed E-state index contributed by atoms with van der Waals surface area (Å²) in [7, 11) is 1.77. The van der Waals surface area contributed by atoms with Gasteiger partial charge in [-0.1, -0.05) is 6.07 Å². The number of aromatic amines is 1. The van der Waals surface area contributed by atoms with Crippen LogP contribution in [0.5, 0.6) is 0 Å². The van der Waals surface area contributed by atoms with Gasteiger partial charge in [-0.15, -0.1) is 0 Å². The van der Waals surface area contributed by atoms with Gasteiger partial charge < -0.3 is 14.8 Å². The van der Waals surface area contributed by atoms with Crippen LogP contribution in [0.25, 0.3) is 27.6 Å². The molecule has 3 heterocycles. The molecule has 1 fully saturated rings. The van der Waals surface area contributed by atoms with E-state index in [4.69, 9.17) is 4.74 Å². The van der Waals surface area contributed by atoms with Crippen LogP contribution in [0.15, 0.2) is 48.9 Å². The molecule has 0 bridgehead atoms. The van der Waals surface area contributed by atoms with E-state index in [0.29, 0.717) is 6.04 Å². The highest BCUT2D eigenvalue weighted by molar-refractivity contribution is 5.86. The van der Waals surface area contributed by atoms with Crippen molar-refractivity contribution in [3.8, 4) is 5.69 Å². The van der Waals surface area contributed by atoms with Gasteiger partial charge >= 0.3 is 0 Å². The van der Waals surface area contributed by atoms with Crippen molar-refractivity contribution in [1.82, 2.24) is 19.4 Å². The van der Waals surface area contributed by atoms with E-state index in [0.717, 1.165) is 41.9 Å². The Kier molecular flexibility index (Phi) is 5.29. The summed E-state index contributed by atoms with van der Waals surface area (Å²) in [6, 6.07) is 13.0. The number of aromatic nitrogens is 3. The van der Waals surface area contributed by atoms with Gasteiger partial charge in [0.2, 0.25) is 0 Å². The highest BCUT2D eigenvalue weighted by Gasteiger charge is 2.25. The first-order valence-corrected chi connectivity index (χ1v) is 10.7. The number of nitrogens with zero attached hydrogens (tertiary/aromatic N) is 3. The number of H-pyrrole nitrogens is 1. The van der Waals surface area contributed by atoms with Crippen molar-refractivity contribution < 1.29 is 9.84 Å². The topological polar surface area (TPSA) is 66.3 Å². The Hall–Kier alpha value is -2.67. The van der Waals surface area contributed by atoms with E-state index >= 15 is 0 Å². The molecule has 1 saturated heterocycles. The highest BCUT2D eigenvalue weighted by atomic mass is 16.5. The van der Waals surface area contributed by atoms with Gasteiger partial charge in [0, 0.05) is 42.5 Å². The van der Waals surface area contributed by atoms with E-state index < -0.39 is 0 Å². The van der Waals surface area contributed by atoms with Crippen LogP contribution in [-0.4, -0.2) is 57.4 Å². The number of aliphatic hydroxyl groups is 1. The minimum atomic E-state index is 0.0318. The second kappa shape index (κ2) is 8.22. The van der Waals surface area contributed by atoms with Crippen molar-refractivity contribution >= 4 is 21.9 Å². The molecule has 5 rings (SSSR count). The molecule has 4 aromatic rings. The van der Waals surface area contributed by atoms with Crippen LogP contribution in [0.1, 0.15) is 24.0 Å². The number of hydrogen-bond acceptors (Lipinski definition) is 4. The molecular weight excluding hydrogens is 376 g/mol. The number of aliphatic hydroxyl groups excluding tert-OH is 1. The summed E-state index contributed by atoms with van der Waals surface area (Å²) in [5.41, 5.74) is 6.46. The molecule has 0 aliphatic carbocycles. The fourth-order valence-corrected chi connectivity index (χ4v) is 4.73. The summed E-state index contributed by atoms with van der Waals surface area (Å²) in [5.74, 6) is 0. The van der Waals surface area contributed by atoms with Gasteiger partial charge in [0.1, 0.15) is 6.33 Å². The predicted octanol–water partition coefficient (Wildman–Crippen LogP) is 3.65. The minimum Gasteiger partial charge on any atom is -0.392 e. The number of nitrogens with one attached hydrogen (secondary N) is 1. The Morgan fingerprint density at radius 1 is 1.23 bits per heavy atom. The molecule has 0 radical (unpaired) electrons. The number of imidazole rings is 1. The zero-order valence-corrected chi connectivity index (χ0v) is 17.3. The first-order valence-electron chi connectivity index (χ1n) is 10.7. The SMILES string of the molecule is COCCN1CCC[C@@H]1Cc1c[nH]c2ccc(-n3cnc4cc(CO)ccc43)cc12. The molecule has 6 nitrogen and oxygen atoms in total. The number of benzene rings is 2.